The van der Waals surface area contributed by atoms with E-state index in [2.05, 4.69) is 0 Å². The molecule has 0 atom stereocenters. The molecule has 2 aliphatic heterocycles. The number of imide groups is 1. The maximum Gasteiger partial charge on any atom is 0.343 e. The molecule has 11 heteroatoms. The van der Waals surface area contributed by atoms with E-state index in [-0.39, 0.29) is 40.5 Å². The van der Waals surface area contributed by atoms with Crippen LogP contribution in [0, 0.1) is 0 Å². The molecule has 0 spiro atoms. The van der Waals surface area contributed by atoms with Gasteiger partial charge in [0.2, 0.25) is 5.91 Å². The van der Waals surface area contributed by atoms with Crippen molar-refractivity contribution in [3.05, 3.63) is 57.5 Å². The Morgan fingerprint density at radius 3 is 2.45 bits per heavy atom. The van der Waals surface area contributed by atoms with Gasteiger partial charge < -0.3 is 19.1 Å². The number of nitrogens with zero attached hydrogens (tertiary/aromatic N) is 2. The molecule has 0 aliphatic carbocycles. The van der Waals surface area contributed by atoms with Crippen molar-refractivity contribution in [1.29, 1.82) is 0 Å². The first-order chi connectivity index (χ1) is 18.3. The van der Waals surface area contributed by atoms with Gasteiger partial charge >= 0.3 is 5.97 Å². The Hall–Kier alpha value is -3.50. The van der Waals surface area contributed by atoms with Crippen molar-refractivity contribution >= 4 is 52.5 Å². The maximum absolute atomic E-state index is 13.0. The number of thioether (sulfide) groups is 1. The number of amides is 3. The predicted octanol–water partition coefficient (Wildman–Crippen LogP) is 5.02. The lowest BCUT2D eigenvalue weighted by molar-refractivity contribution is -0.136. The van der Waals surface area contributed by atoms with Gasteiger partial charge in [0, 0.05) is 13.1 Å². The van der Waals surface area contributed by atoms with E-state index in [0.717, 1.165) is 35.9 Å². The van der Waals surface area contributed by atoms with Crippen LogP contribution in [0.15, 0.2) is 41.3 Å². The second kappa shape index (κ2) is 12.4. The summed E-state index contributed by atoms with van der Waals surface area (Å²) in [5, 5.41) is -0.420. The van der Waals surface area contributed by atoms with E-state index < -0.39 is 17.1 Å². The molecule has 38 heavy (non-hydrogen) atoms. The Morgan fingerprint density at radius 2 is 1.79 bits per heavy atom. The Bertz CT molecular complexity index is 1270. The molecule has 2 aromatic rings. The number of hydrogen-bond acceptors (Lipinski definition) is 8. The molecule has 200 valence electrons. The molecule has 0 N–H and O–H groups in total. The number of carbonyl (C=O) groups excluding carboxylic acids is 4. The minimum atomic E-state index is -0.636. The molecule has 0 unspecified atom stereocenters. The topological polar surface area (TPSA) is 102 Å². The van der Waals surface area contributed by atoms with E-state index in [1.54, 1.807) is 42.2 Å². The van der Waals surface area contributed by atoms with Crippen LogP contribution in [0.1, 0.15) is 42.1 Å². The van der Waals surface area contributed by atoms with Crippen molar-refractivity contribution < 1.29 is 33.4 Å². The largest absolute Gasteiger partial charge is 0.497 e. The molecule has 4 rings (SSSR count). The highest BCUT2D eigenvalue weighted by molar-refractivity contribution is 8.18. The smallest absolute Gasteiger partial charge is 0.343 e. The number of hydrogen-bond donors (Lipinski definition) is 0. The molecule has 0 bridgehead atoms. The Kier molecular flexibility index (Phi) is 8.96. The molecule has 2 aliphatic rings. The number of rotatable bonds is 8. The van der Waals surface area contributed by atoms with Crippen molar-refractivity contribution in [3.8, 4) is 17.2 Å². The number of benzene rings is 2. The van der Waals surface area contributed by atoms with Crippen molar-refractivity contribution in [1.82, 2.24) is 9.80 Å². The zero-order valence-corrected chi connectivity index (χ0v) is 22.6. The van der Waals surface area contributed by atoms with Gasteiger partial charge in [-0.1, -0.05) is 11.6 Å². The first kappa shape index (κ1) is 27.5. The summed E-state index contributed by atoms with van der Waals surface area (Å²) in [7, 11) is 1.53. The Morgan fingerprint density at radius 1 is 1.08 bits per heavy atom. The summed E-state index contributed by atoms with van der Waals surface area (Å²) in [6.45, 7) is 3.02. The van der Waals surface area contributed by atoms with Crippen LogP contribution < -0.4 is 14.2 Å². The summed E-state index contributed by atoms with van der Waals surface area (Å²) in [6, 6.07) is 9.48. The van der Waals surface area contributed by atoms with E-state index in [0.29, 0.717) is 30.0 Å². The molecule has 2 saturated heterocycles. The fourth-order valence-corrected chi connectivity index (χ4v) is 5.17. The number of piperidine rings is 1. The minimum absolute atomic E-state index is 0.0340. The predicted molar refractivity (Wildman–Crippen MR) is 144 cm³/mol. The van der Waals surface area contributed by atoms with Crippen LogP contribution in [0.2, 0.25) is 5.02 Å². The molecule has 2 fully saturated rings. The van der Waals surface area contributed by atoms with Crippen LogP contribution in [0.25, 0.3) is 6.08 Å². The highest BCUT2D eigenvalue weighted by atomic mass is 35.5. The molecule has 0 saturated carbocycles. The minimum Gasteiger partial charge on any atom is -0.497 e. The number of likely N-dealkylation sites (tertiary alicyclic amines) is 1. The first-order valence-electron chi connectivity index (χ1n) is 12.2. The average Bonchev–Trinajstić information content (AvgIpc) is 3.18. The van der Waals surface area contributed by atoms with Crippen molar-refractivity contribution in [2.24, 2.45) is 0 Å². The number of halogens is 1. The molecule has 2 aromatic carbocycles. The summed E-state index contributed by atoms with van der Waals surface area (Å²) in [6.07, 6.45) is 4.41. The average molecular weight is 559 g/mol. The van der Waals surface area contributed by atoms with Gasteiger partial charge in [0.05, 0.1) is 29.2 Å². The van der Waals surface area contributed by atoms with E-state index >= 15 is 0 Å². The number of methoxy groups -OCH3 is 1. The fraction of sp³-hybridized carbons (Fsp3) is 0.333. The molecular weight excluding hydrogens is 532 g/mol. The molecule has 9 nitrogen and oxygen atoms in total. The van der Waals surface area contributed by atoms with Gasteiger partial charge in [0.25, 0.3) is 11.1 Å². The molecule has 3 amide bonds. The van der Waals surface area contributed by atoms with Crippen LogP contribution >= 0.6 is 23.4 Å². The lowest BCUT2D eigenvalue weighted by Crippen LogP contribution is -2.44. The van der Waals surface area contributed by atoms with Crippen LogP contribution in [-0.4, -0.2) is 66.2 Å². The monoisotopic (exact) mass is 558 g/mol. The maximum atomic E-state index is 13.0. The second-order valence-corrected chi connectivity index (χ2v) is 9.99. The highest BCUT2D eigenvalue weighted by Crippen LogP contribution is 2.39. The van der Waals surface area contributed by atoms with E-state index in [1.165, 1.54) is 19.3 Å². The summed E-state index contributed by atoms with van der Waals surface area (Å²) in [4.78, 5) is 53.6. The van der Waals surface area contributed by atoms with Gasteiger partial charge in [-0.05, 0) is 86.0 Å². The van der Waals surface area contributed by atoms with E-state index in [4.69, 9.17) is 25.8 Å². The van der Waals surface area contributed by atoms with Crippen LogP contribution in [0.4, 0.5) is 4.79 Å². The number of carbonyl (C=O) groups is 4. The highest BCUT2D eigenvalue weighted by Gasteiger charge is 2.37. The fourth-order valence-electron chi connectivity index (χ4n) is 4.08. The van der Waals surface area contributed by atoms with Gasteiger partial charge in [-0.3, -0.25) is 19.3 Å². The summed E-state index contributed by atoms with van der Waals surface area (Å²) >= 11 is 7.21. The van der Waals surface area contributed by atoms with Crippen molar-refractivity contribution in [2.45, 2.75) is 26.2 Å². The van der Waals surface area contributed by atoms with Gasteiger partial charge in [-0.25, -0.2) is 4.79 Å². The SMILES string of the molecule is CCOc1cc(/C=C2\SC(=O)N(CC(=O)N3CCCCC3)C2=O)cc(Cl)c1OC(=O)c1ccc(OC)cc1. The third-order valence-corrected chi connectivity index (χ3v) is 7.21. The zero-order chi connectivity index (χ0) is 27.2. The molecule has 0 radical (unpaired) electrons. The number of esters is 1. The normalized spacial score (nSPS) is 16.7. The second-order valence-electron chi connectivity index (χ2n) is 8.59. The Balaban J connectivity index is 1.52. The summed E-state index contributed by atoms with van der Waals surface area (Å²) < 4.78 is 16.3. The van der Waals surface area contributed by atoms with Crippen molar-refractivity contribution in [2.75, 3.05) is 33.4 Å². The molecular formula is C27H27ClN2O7S. The van der Waals surface area contributed by atoms with Crippen molar-refractivity contribution in [3.63, 3.8) is 0 Å². The summed E-state index contributed by atoms with van der Waals surface area (Å²) in [5.74, 6) is -0.589. The Labute approximate surface area is 229 Å². The number of ether oxygens (including phenoxy) is 3. The van der Waals surface area contributed by atoms with Crippen LogP contribution in [0.3, 0.4) is 0 Å². The van der Waals surface area contributed by atoms with Gasteiger partial charge in [-0.15, -0.1) is 0 Å². The lowest BCUT2D eigenvalue weighted by atomic mass is 10.1. The quantitative estimate of drug-likeness (QED) is 0.253. The first-order valence-corrected chi connectivity index (χ1v) is 13.4. The molecule has 0 aromatic heterocycles. The lowest BCUT2D eigenvalue weighted by Gasteiger charge is -2.27. The van der Waals surface area contributed by atoms with E-state index in [1.807, 2.05) is 0 Å². The van der Waals surface area contributed by atoms with E-state index in [9.17, 15) is 19.2 Å². The van der Waals surface area contributed by atoms with Crippen LogP contribution in [0.5, 0.6) is 17.2 Å². The van der Waals surface area contributed by atoms with Gasteiger partial charge in [-0.2, -0.15) is 0 Å². The summed E-state index contributed by atoms with van der Waals surface area (Å²) in [5.41, 5.74) is 0.761. The molecule has 2 heterocycles. The third-order valence-electron chi connectivity index (χ3n) is 6.03. The van der Waals surface area contributed by atoms with Crippen LogP contribution in [-0.2, 0) is 9.59 Å². The standard InChI is InChI=1S/C27H27ClN2O7S/c1-3-36-21-14-17(13-20(28)24(21)37-26(33)18-7-9-19(35-2)10-8-18)15-22-25(32)30(27(34)38-22)16-23(31)29-11-5-4-6-12-29/h7-10,13-15H,3-6,11-12,16H2,1-2H3/b22-15-. The zero-order valence-electron chi connectivity index (χ0n) is 21.0. The van der Waals surface area contributed by atoms with Gasteiger partial charge in [0.15, 0.2) is 11.5 Å². The third kappa shape index (κ3) is 6.31. The van der Waals surface area contributed by atoms with Gasteiger partial charge in [0.1, 0.15) is 12.3 Å².